The lowest BCUT2D eigenvalue weighted by Gasteiger charge is -2.22. The Hall–Kier alpha value is -2.12. The molecule has 0 aliphatic carbocycles. The van der Waals surface area contributed by atoms with E-state index in [1.807, 2.05) is 0 Å². The summed E-state index contributed by atoms with van der Waals surface area (Å²) in [5.41, 5.74) is 0.670. The van der Waals surface area contributed by atoms with Crippen molar-refractivity contribution >= 4 is 17.5 Å². The summed E-state index contributed by atoms with van der Waals surface area (Å²) in [5.74, 6) is 0.337. The highest BCUT2D eigenvalue weighted by molar-refractivity contribution is 5.95. The van der Waals surface area contributed by atoms with Gasteiger partial charge in [-0.05, 0) is 24.3 Å². The summed E-state index contributed by atoms with van der Waals surface area (Å²) in [5, 5.41) is 5.90. The fourth-order valence-corrected chi connectivity index (χ4v) is 1.87. The first-order valence-corrected chi connectivity index (χ1v) is 7.11. The van der Waals surface area contributed by atoms with Crippen molar-refractivity contribution in [1.29, 1.82) is 0 Å². The molecule has 2 amide bonds. The number of likely N-dealkylation sites (N-methyl/N-ethyl adjacent to an activating group) is 1. The number of anilines is 1. The summed E-state index contributed by atoms with van der Waals surface area (Å²) in [6.07, 6.45) is 0. The minimum absolute atomic E-state index is 0.0119. The average molecular weight is 307 g/mol. The summed E-state index contributed by atoms with van der Waals surface area (Å²) < 4.78 is 10.6. The molecule has 0 bridgehead atoms. The molecule has 0 aromatic heterocycles. The molecule has 7 heteroatoms. The van der Waals surface area contributed by atoms with Gasteiger partial charge in [-0.2, -0.15) is 0 Å². The highest BCUT2D eigenvalue weighted by atomic mass is 16.5. The van der Waals surface area contributed by atoms with E-state index in [0.717, 1.165) is 0 Å². The monoisotopic (exact) mass is 307 g/mol. The zero-order valence-corrected chi connectivity index (χ0v) is 12.8. The zero-order chi connectivity index (χ0) is 15.9. The number of morpholine rings is 1. The Kier molecular flexibility index (Phi) is 5.74. The molecule has 1 aromatic carbocycles. The van der Waals surface area contributed by atoms with Crippen molar-refractivity contribution in [3.05, 3.63) is 24.3 Å². The topological polar surface area (TPSA) is 79.9 Å². The molecule has 1 aliphatic heterocycles. The molecule has 1 fully saturated rings. The van der Waals surface area contributed by atoms with E-state index < -0.39 is 0 Å². The minimum Gasteiger partial charge on any atom is -0.484 e. The van der Waals surface area contributed by atoms with E-state index in [4.69, 9.17) is 9.47 Å². The lowest BCUT2D eigenvalue weighted by atomic mass is 10.2. The van der Waals surface area contributed by atoms with Crippen LogP contribution in [0.25, 0.3) is 0 Å². The predicted octanol–water partition coefficient (Wildman–Crippen LogP) is 0.0805. The number of nitrogens with one attached hydrogen (secondary N) is 2. The van der Waals surface area contributed by atoms with E-state index in [2.05, 4.69) is 10.6 Å². The Morgan fingerprint density at radius 3 is 2.68 bits per heavy atom. The van der Waals surface area contributed by atoms with Crippen LogP contribution in [0, 0.1) is 0 Å². The van der Waals surface area contributed by atoms with Crippen molar-refractivity contribution in [2.45, 2.75) is 6.04 Å². The standard InChI is InChI=1S/C15H21N3O4/c1-18(2)14(19)10-22-12-5-3-11(4-6-12)17-15(20)13-9-21-8-7-16-13/h3-6,13,16H,7-10H2,1-2H3,(H,17,20). The Morgan fingerprint density at radius 2 is 2.09 bits per heavy atom. The summed E-state index contributed by atoms with van der Waals surface area (Å²) in [6.45, 7) is 1.66. The van der Waals surface area contributed by atoms with Gasteiger partial charge in [-0.3, -0.25) is 9.59 Å². The van der Waals surface area contributed by atoms with Crippen LogP contribution in [0.4, 0.5) is 5.69 Å². The van der Waals surface area contributed by atoms with E-state index in [9.17, 15) is 9.59 Å². The van der Waals surface area contributed by atoms with Gasteiger partial charge in [0.1, 0.15) is 11.8 Å². The Bertz CT molecular complexity index is 510. The third-order valence-corrected chi connectivity index (χ3v) is 3.22. The number of carbonyl (C=O) groups excluding carboxylic acids is 2. The number of hydrogen-bond donors (Lipinski definition) is 2. The maximum atomic E-state index is 12.0. The molecule has 1 aromatic rings. The van der Waals surface area contributed by atoms with Gasteiger partial charge in [-0.15, -0.1) is 0 Å². The molecule has 7 nitrogen and oxygen atoms in total. The third kappa shape index (κ3) is 4.71. The predicted molar refractivity (Wildman–Crippen MR) is 81.9 cm³/mol. The number of hydrogen-bond acceptors (Lipinski definition) is 5. The smallest absolute Gasteiger partial charge is 0.259 e. The molecule has 1 atom stereocenters. The van der Waals surface area contributed by atoms with Crippen LogP contribution in [-0.2, 0) is 14.3 Å². The van der Waals surface area contributed by atoms with Crippen LogP contribution in [0.5, 0.6) is 5.75 Å². The second-order valence-corrected chi connectivity index (χ2v) is 5.17. The third-order valence-electron chi connectivity index (χ3n) is 3.22. The van der Waals surface area contributed by atoms with Crippen LogP contribution in [0.1, 0.15) is 0 Å². The molecule has 2 rings (SSSR count). The van der Waals surface area contributed by atoms with Crippen LogP contribution in [0.15, 0.2) is 24.3 Å². The molecule has 1 saturated heterocycles. The second-order valence-electron chi connectivity index (χ2n) is 5.17. The number of nitrogens with zero attached hydrogens (tertiary/aromatic N) is 1. The molecule has 1 aliphatic rings. The van der Waals surface area contributed by atoms with E-state index in [1.165, 1.54) is 4.90 Å². The van der Waals surface area contributed by atoms with Gasteiger partial charge in [-0.25, -0.2) is 0 Å². The van der Waals surface area contributed by atoms with Crippen molar-refractivity contribution in [3.8, 4) is 5.75 Å². The van der Waals surface area contributed by atoms with Crippen molar-refractivity contribution in [1.82, 2.24) is 10.2 Å². The van der Waals surface area contributed by atoms with Crippen molar-refractivity contribution in [2.75, 3.05) is 45.8 Å². The van der Waals surface area contributed by atoms with Crippen LogP contribution in [-0.4, -0.2) is 63.2 Å². The quantitative estimate of drug-likeness (QED) is 0.805. The van der Waals surface area contributed by atoms with Crippen LogP contribution >= 0.6 is 0 Å². The van der Waals surface area contributed by atoms with E-state index in [-0.39, 0.29) is 24.5 Å². The molecule has 1 unspecified atom stereocenters. The maximum Gasteiger partial charge on any atom is 0.259 e. The fraction of sp³-hybridized carbons (Fsp3) is 0.467. The average Bonchev–Trinajstić information content (AvgIpc) is 2.54. The Morgan fingerprint density at radius 1 is 1.36 bits per heavy atom. The number of amides is 2. The van der Waals surface area contributed by atoms with E-state index >= 15 is 0 Å². The molecule has 0 spiro atoms. The van der Waals surface area contributed by atoms with Gasteiger partial charge in [0.25, 0.3) is 5.91 Å². The molecule has 0 saturated carbocycles. The summed E-state index contributed by atoms with van der Waals surface area (Å²) in [6, 6.07) is 6.56. The minimum atomic E-state index is -0.331. The molecular weight excluding hydrogens is 286 g/mol. The first-order valence-electron chi connectivity index (χ1n) is 7.11. The fourth-order valence-electron chi connectivity index (χ4n) is 1.87. The van der Waals surface area contributed by atoms with Gasteiger partial charge < -0.3 is 25.0 Å². The SMILES string of the molecule is CN(C)C(=O)COc1ccc(NC(=O)C2COCCN2)cc1. The summed E-state index contributed by atoms with van der Waals surface area (Å²) in [7, 11) is 3.35. The second kappa shape index (κ2) is 7.77. The van der Waals surface area contributed by atoms with Gasteiger partial charge in [0.15, 0.2) is 6.61 Å². The molecule has 2 N–H and O–H groups in total. The van der Waals surface area contributed by atoms with Crippen LogP contribution < -0.4 is 15.4 Å². The normalized spacial score (nSPS) is 17.6. The molecule has 1 heterocycles. The largest absolute Gasteiger partial charge is 0.484 e. The molecule has 120 valence electrons. The van der Waals surface area contributed by atoms with Gasteiger partial charge in [0, 0.05) is 26.3 Å². The maximum absolute atomic E-state index is 12.0. The number of ether oxygens (including phenoxy) is 2. The summed E-state index contributed by atoms with van der Waals surface area (Å²) >= 11 is 0. The lowest BCUT2D eigenvalue weighted by molar-refractivity contribution is -0.130. The van der Waals surface area contributed by atoms with Crippen LogP contribution in [0.2, 0.25) is 0 Å². The van der Waals surface area contributed by atoms with Crippen molar-refractivity contribution < 1.29 is 19.1 Å². The summed E-state index contributed by atoms with van der Waals surface area (Å²) in [4.78, 5) is 24.9. The zero-order valence-electron chi connectivity index (χ0n) is 12.8. The van der Waals surface area contributed by atoms with Gasteiger partial charge >= 0.3 is 0 Å². The van der Waals surface area contributed by atoms with Gasteiger partial charge in [0.05, 0.1) is 13.2 Å². The number of benzene rings is 1. The van der Waals surface area contributed by atoms with Gasteiger partial charge in [-0.1, -0.05) is 0 Å². The van der Waals surface area contributed by atoms with Crippen molar-refractivity contribution in [2.24, 2.45) is 0 Å². The van der Waals surface area contributed by atoms with Crippen LogP contribution in [0.3, 0.4) is 0 Å². The molecular formula is C15H21N3O4. The first kappa shape index (κ1) is 16.3. The Balaban J connectivity index is 1.83. The van der Waals surface area contributed by atoms with E-state index in [0.29, 0.717) is 31.2 Å². The van der Waals surface area contributed by atoms with E-state index in [1.54, 1.807) is 38.4 Å². The van der Waals surface area contributed by atoms with Gasteiger partial charge in [0.2, 0.25) is 5.91 Å². The highest BCUT2D eigenvalue weighted by Gasteiger charge is 2.21. The molecule has 0 radical (unpaired) electrons. The number of carbonyl (C=O) groups is 2. The highest BCUT2D eigenvalue weighted by Crippen LogP contribution is 2.16. The Labute approximate surface area is 129 Å². The molecule has 22 heavy (non-hydrogen) atoms. The first-order chi connectivity index (χ1) is 10.6. The van der Waals surface area contributed by atoms with Crippen molar-refractivity contribution in [3.63, 3.8) is 0 Å². The number of rotatable bonds is 5. The lowest BCUT2D eigenvalue weighted by Crippen LogP contribution is -2.48.